The Labute approximate surface area is 249 Å². The first-order valence-electron chi connectivity index (χ1n) is 14.2. The summed E-state index contributed by atoms with van der Waals surface area (Å²) in [4.78, 5) is 39.5. The van der Waals surface area contributed by atoms with Gasteiger partial charge in [-0.3, -0.25) is 14.4 Å². The molecule has 2 aromatic carbocycles. The van der Waals surface area contributed by atoms with Crippen LogP contribution < -0.4 is 21.5 Å². The van der Waals surface area contributed by atoms with Crippen LogP contribution in [-0.2, 0) is 28.8 Å². The lowest BCUT2D eigenvalue weighted by atomic mass is 9.58. The summed E-state index contributed by atoms with van der Waals surface area (Å²) >= 11 is 0. The first kappa shape index (κ1) is 29.9. The van der Waals surface area contributed by atoms with Gasteiger partial charge in [-0.25, -0.2) is 0 Å². The van der Waals surface area contributed by atoms with E-state index in [4.69, 9.17) is 16.2 Å². The van der Waals surface area contributed by atoms with Crippen LogP contribution in [0.2, 0.25) is 0 Å². The van der Waals surface area contributed by atoms with E-state index in [2.05, 4.69) is 5.32 Å². The van der Waals surface area contributed by atoms with E-state index in [0.29, 0.717) is 24.9 Å². The smallest absolute Gasteiger partial charge is 0.417 e. The quantitative estimate of drug-likeness (QED) is 0.276. The number of alkyl halides is 3. The number of hydrogen-bond acceptors (Lipinski definition) is 9. The van der Waals surface area contributed by atoms with Crippen molar-refractivity contribution >= 4 is 17.5 Å². The summed E-state index contributed by atoms with van der Waals surface area (Å²) in [6.07, 6.45) is -4.54. The summed E-state index contributed by atoms with van der Waals surface area (Å²) in [5.74, 6) is -8.67. The molecule has 1 unspecified atom stereocenters. The van der Waals surface area contributed by atoms with Crippen LogP contribution in [0, 0.1) is 11.8 Å². The second-order valence-electron chi connectivity index (χ2n) is 11.7. The van der Waals surface area contributed by atoms with E-state index in [1.165, 1.54) is 6.07 Å². The Kier molecular flexibility index (Phi) is 7.10. The predicted octanol–water partition coefficient (Wildman–Crippen LogP) is 2.83. The van der Waals surface area contributed by atoms with Gasteiger partial charge in [0.05, 0.1) is 17.2 Å². The topological polar surface area (TPSA) is 185 Å². The molecule has 8 N–H and O–H groups in total. The van der Waals surface area contributed by atoms with Gasteiger partial charge in [0, 0.05) is 17.5 Å². The molecule has 44 heavy (non-hydrogen) atoms. The molecule has 232 valence electrons. The number of aliphatic hydroxyl groups excluding tert-OH is 2. The summed E-state index contributed by atoms with van der Waals surface area (Å²) in [6.45, 7) is 0.432. The zero-order valence-corrected chi connectivity index (χ0v) is 23.3. The number of primary amides is 1. The van der Waals surface area contributed by atoms with E-state index in [1.807, 2.05) is 0 Å². The lowest BCUT2D eigenvalue weighted by Crippen LogP contribution is -2.63. The summed E-state index contributed by atoms with van der Waals surface area (Å²) in [7, 11) is 0. The lowest BCUT2D eigenvalue weighted by Gasteiger charge is -2.48. The van der Waals surface area contributed by atoms with E-state index < -0.39 is 93.4 Å². The maximum Gasteiger partial charge on any atom is 0.417 e. The number of allylic oxidation sites excluding steroid dienone is 1. The number of Topliss-reactive ketones (excluding diaryl/α,β-unsaturated/α-hetero) is 2. The van der Waals surface area contributed by atoms with Gasteiger partial charge in [-0.05, 0) is 60.9 Å². The van der Waals surface area contributed by atoms with Gasteiger partial charge in [0.2, 0.25) is 5.78 Å². The number of nitrogens with one attached hydrogen (secondary N) is 1. The molecular formula is C31H30F3N3O7. The zero-order valence-electron chi connectivity index (χ0n) is 23.3. The Morgan fingerprint density at radius 2 is 1.86 bits per heavy atom. The van der Waals surface area contributed by atoms with E-state index in [-0.39, 0.29) is 29.9 Å². The summed E-state index contributed by atoms with van der Waals surface area (Å²) in [5.41, 5.74) is 5.81. The van der Waals surface area contributed by atoms with Gasteiger partial charge in [-0.1, -0.05) is 30.3 Å². The fourth-order valence-electron chi connectivity index (χ4n) is 7.21. The first-order valence-corrected chi connectivity index (χ1v) is 14.2. The Balaban J connectivity index is 1.56. The number of benzene rings is 2. The average molecular weight is 614 g/mol. The Hall–Kier alpha value is -4.20. The minimum absolute atomic E-state index is 0.0650. The van der Waals surface area contributed by atoms with Crippen LogP contribution in [0.5, 0.6) is 5.75 Å². The lowest BCUT2D eigenvalue weighted by molar-refractivity contribution is -0.145. The van der Waals surface area contributed by atoms with E-state index in [9.17, 15) is 42.9 Å². The molecule has 13 heteroatoms. The van der Waals surface area contributed by atoms with Crippen molar-refractivity contribution in [2.45, 2.75) is 56.2 Å². The number of halogens is 3. The number of fused-ring (bicyclic) bond motifs is 3. The van der Waals surface area contributed by atoms with Crippen molar-refractivity contribution < 1.29 is 47.6 Å². The zero-order chi connectivity index (χ0) is 31.7. The molecule has 1 heterocycles. The molecule has 3 aliphatic carbocycles. The van der Waals surface area contributed by atoms with E-state index in [0.717, 1.165) is 0 Å². The molecule has 0 bridgehead atoms. The van der Waals surface area contributed by atoms with Crippen molar-refractivity contribution in [1.29, 1.82) is 0 Å². The largest absolute Gasteiger partial charge is 0.510 e. The highest BCUT2D eigenvalue weighted by Crippen LogP contribution is 2.54. The first-order chi connectivity index (χ1) is 20.8. The predicted molar refractivity (Wildman–Crippen MR) is 148 cm³/mol. The molecular weight excluding hydrogens is 583 g/mol. The average Bonchev–Trinajstić information content (AvgIpc) is 3.51. The molecule has 0 radical (unpaired) electrons. The number of amides is 1. The highest BCUT2D eigenvalue weighted by Gasteiger charge is 2.62. The Morgan fingerprint density at radius 3 is 2.48 bits per heavy atom. The number of carbonyl (C=O) groups excluding carboxylic acids is 3. The van der Waals surface area contributed by atoms with Gasteiger partial charge in [-0.15, -0.1) is 0 Å². The number of nitrogens with two attached hydrogens (primary N) is 2. The Morgan fingerprint density at radius 1 is 1.16 bits per heavy atom. The number of ketones is 2. The van der Waals surface area contributed by atoms with Gasteiger partial charge in [0.15, 0.2) is 11.4 Å². The minimum Gasteiger partial charge on any atom is -0.510 e. The van der Waals surface area contributed by atoms with Gasteiger partial charge in [0.1, 0.15) is 29.4 Å². The van der Waals surface area contributed by atoms with Gasteiger partial charge in [0.25, 0.3) is 5.91 Å². The van der Waals surface area contributed by atoms with Crippen molar-refractivity contribution in [3.05, 3.63) is 86.9 Å². The van der Waals surface area contributed by atoms with E-state index >= 15 is 0 Å². The molecule has 5 atom stereocenters. The number of ether oxygens (including phenoxy) is 1. The molecule has 6 rings (SSSR count). The van der Waals surface area contributed by atoms with Crippen LogP contribution in [0.25, 0.3) is 0 Å². The third-order valence-corrected chi connectivity index (χ3v) is 9.23. The maximum atomic E-state index is 14.9. The van der Waals surface area contributed by atoms with Crippen molar-refractivity contribution in [2.75, 3.05) is 6.54 Å². The van der Waals surface area contributed by atoms with Crippen molar-refractivity contribution in [2.24, 2.45) is 23.3 Å². The standard InChI is InChI=1S/C31H30F3N3O7/c32-31(33,34)23-15(18-7-4-8-37-18)11-19(44-12-13-5-2-1-3-6-13)21-16(23)9-14-10-17-24(35)26(39)22(29(36)42)28(41)30(17,43)27(40)20(14)25(21)38/h1-3,5-6,11,14,17-18,24,37,39-40,43H,4,7-10,12,35H2,(H2,36,42)/t14-,17-,18?,24-,30-/m0/s1. The normalized spacial score (nSPS) is 28.5. The fraction of sp³-hybridized carbons (Fsp3) is 0.387. The number of rotatable bonds is 5. The molecule has 1 amide bonds. The van der Waals surface area contributed by atoms with Crippen LogP contribution in [0.1, 0.15) is 57.9 Å². The van der Waals surface area contributed by atoms with Crippen molar-refractivity contribution in [3.63, 3.8) is 0 Å². The van der Waals surface area contributed by atoms with Crippen molar-refractivity contribution in [3.8, 4) is 5.75 Å². The fourth-order valence-corrected chi connectivity index (χ4v) is 7.21. The van der Waals surface area contributed by atoms with Crippen LogP contribution in [0.4, 0.5) is 13.2 Å². The number of aliphatic hydroxyl groups is 3. The van der Waals surface area contributed by atoms with Gasteiger partial charge in [-0.2, -0.15) is 13.2 Å². The van der Waals surface area contributed by atoms with Crippen LogP contribution >= 0.6 is 0 Å². The highest BCUT2D eigenvalue weighted by atomic mass is 19.4. The van der Waals surface area contributed by atoms with Crippen LogP contribution in [-0.4, -0.2) is 51.0 Å². The second kappa shape index (κ2) is 10.5. The van der Waals surface area contributed by atoms with Gasteiger partial charge >= 0.3 is 6.18 Å². The molecule has 0 saturated carbocycles. The molecule has 0 aromatic heterocycles. The summed E-state index contributed by atoms with van der Waals surface area (Å²) in [5, 5.41) is 36.6. The summed E-state index contributed by atoms with van der Waals surface area (Å²) < 4.78 is 50.7. The highest BCUT2D eigenvalue weighted by molar-refractivity contribution is 6.24. The third kappa shape index (κ3) is 4.41. The third-order valence-electron chi connectivity index (χ3n) is 9.23. The molecule has 0 spiro atoms. The minimum atomic E-state index is -4.87. The molecule has 10 nitrogen and oxygen atoms in total. The van der Waals surface area contributed by atoms with Crippen molar-refractivity contribution in [1.82, 2.24) is 5.32 Å². The second-order valence-corrected chi connectivity index (χ2v) is 11.7. The molecule has 2 aromatic rings. The monoisotopic (exact) mass is 613 g/mol. The molecule has 1 aliphatic heterocycles. The van der Waals surface area contributed by atoms with Gasteiger partial charge < -0.3 is 36.8 Å². The Bertz CT molecular complexity index is 1650. The number of hydrogen-bond donors (Lipinski definition) is 6. The maximum absolute atomic E-state index is 14.9. The summed E-state index contributed by atoms with van der Waals surface area (Å²) in [6, 6.07) is 7.76. The van der Waals surface area contributed by atoms with Crippen LogP contribution in [0.3, 0.4) is 0 Å². The SMILES string of the molecule is NC(=O)C1=C(O)[C@@H](N)[C@@H]2C[C@@H]3Cc4c(c(OCc5ccccc5)cc(C5CCCN5)c4C(F)(F)F)C(=O)C3=C(O)[C@]2(O)C1=O. The van der Waals surface area contributed by atoms with E-state index in [1.54, 1.807) is 30.3 Å². The number of carbonyl (C=O) groups is 3. The molecule has 4 aliphatic rings. The molecule has 1 fully saturated rings. The van der Waals surface area contributed by atoms with Crippen LogP contribution in [0.15, 0.2) is 59.1 Å². The molecule has 1 saturated heterocycles.